The third-order valence-corrected chi connectivity index (χ3v) is 3.36. The monoisotopic (exact) mass is 238 g/mol. The van der Waals surface area contributed by atoms with Gasteiger partial charge in [-0.1, -0.05) is 13.8 Å². The molecule has 1 aromatic carbocycles. The predicted molar refractivity (Wildman–Crippen MR) is 71.4 cm³/mol. The number of hydrogen-bond acceptors (Lipinski definition) is 4. The lowest BCUT2D eigenvalue weighted by Gasteiger charge is -2.12. The van der Waals surface area contributed by atoms with Crippen LogP contribution in [0.1, 0.15) is 25.0 Å². The first-order valence-electron chi connectivity index (χ1n) is 6.20. The van der Waals surface area contributed by atoms with Crippen LogP contribution in [0.25, 0.3) is 21.8 Å². The molecule has 0 amide bonds. The van der Waals surface area contributed by atoms with Crippen LogP contribution >= 0.6 is 0 Å². The van der Waals surface area contributed by atoms with Crippen LogP contribution in [0.2, 0.25) is 0 Å². The average molecular weight is 238 g/mol. The molecule has 3 aromatic rings. The fourth-order valence-electron chi connectivity index (χ4n) is 2.60. The molecule has 3 rings (SSSR count). The number of fused-ring (bicyclic) bond motifs is 3. The average Bonchev–Trinajstić information content (AvgIpc) is 2.45. The molecule has 4 heteroatoms. The van der Waals surface area contributed by atoms with Crippen molar-refractivity contribution in [2.45, 2.75) is 26.7 Å². The van der Waals surface area contributed by atoms with E-state index < -0.39 is 0 Å². The minimum absolute atomic E-state index is 0.953. The summed E-state index contributed by atoms with van der Waals surface area (Å²) in [6.45, 7) is 4.32. The standard InChI is InChI=1S/C14H14N4/c1-3-9-10(4-2)13-12(6-16-8-17-13)14-11(9)5-15-7-18-14/h5-8H,3-4H2,1-2H3. The Hall–Kier alpha value is -2.10. The zero-order valence-electron chi connectivity index (χ0n) is 10.5. The van der Waals surface area contributed by atoms with E-state index in [9.17, 15) is 0 Å². The Morgan fingerprint density at radius 3 is 2.06 bits per heavy atom. The predicted octanol–water partition coefficient (Wildman–Crippen LogP) is 2.70. The molecule has 0 fully saturated rings. The second-order valence-electron chi connectivity index (χ2n) is 4.23. The van der Waals surface area contributed by atoms with E-state index in [1.165, 1.54) is 11.1 Å². The molecule has 0 radical (unpaired) electrons. The Morgan fingerprint density at radius 1 is 0.778 bits per heavy atom. The topological polar surface area (TPSA) is 51.6 Å². The number of rotatable bonds is 2. The van der Waals surface area contributed by atoms with Gasteiger partial charge in [0.05, 0.1) is 11.0 Å². The molecule has 0 aliphatic carbocycles. The molecule has 0 saturated heterocycles. The number of aromatic nitrogens is 4. The number of nitrogens with zero attached hydrogens (tertiary/aromatic N) is 4. The lowest BCUT2D eigenvalue weighted by atomic mass is 9.95. The van der Waals surface area contributed by atoms with Gasteiger partial charge in [-0.15, -0.1) is 0 Å². The van der Waals surface area contributed by atoms with Crippen molar-refractivity contribution in [2.75, 3.05) is 0 Å². The fourth-order valence-corrected chi connectivity index (χ4v) is 2.60. The van der Waals surface area contributed by atoms with Gasteiger partial charge >= 0.3 is 0 Å². The van der Waals surface area contributed by atoms with E-state index in [1.807, 2.05) is 12.4 Å². The van der Waals surface area contributed by atoms with Gasteiger partial charge in [-0.2, -0.15) is 0 Å². The van der Waals surface area contributed by atoms with Crippen LogP contribution in [0.4, 0.5) is 0 Å². The number of benzene rings is 1. The summed E-state index contributed by atoms with van der Waals surface area (Å²) in [7, 11) is 0. The molecular formula is C14H14N4. The van der Waals surface area contributed by atoms with Crippen molar-refractivity contribution < 1.29 is 0 Å². The molecule has 0 aliphatic heterocycles. The van der Waals surface area contributed by atoms with Gasteiger partial charge in [0.25, 0.3) is 0 Å². The summed E-state index contributed by atoms with van der Waals surface area (Å²) in [5.74, 6) is 0. The zero-order valence-corrected chi connectivity index (χ0v) is 10.5. The van der Waals surface area contributed by atoms with Crippen LogP contribution in [0.3, 0.4) is 0 Å². The van der Waals surface area contributed by atoms with Gasteiger partial charge in [-0.05, 0) is 24.0 Å². The summed E-state index contributed by atoms with van der Waals surface area (Å²) in [6, 6.07) is 0. The van der Waals surface area contributed by atoms with E-state index in [1.54, 1.807) is 12.7 Å². The molecule has 0 spiro atoms. The summed E-state index contributed by atoms with van der Waals surface area (Å²) < 4.78 is 0. The molecule has 2 heterocycles. The van der Waals surface area contributed by atoms with Crippen molar-refractivity contribution in [1.29, 1.82) is 0 Å². The maximum atomic E-state index is 4.44. The van der Waals surface area contributed by atoms with Crippen LogP contribution in [0.15, 0.2) is 25.0 Å². The van der Waals surface area contributed by atoms with Crippen molar-refractivity contribution in [2.24, 2.45) is 0 Å². The first-order chi connectivity index (χ1) is 8.86. The molecule has 2 aromatic heterocycles. The third-order valence-electron chi connectivity index (χ3n) is 3.36. The summed E-state index contributed by atoms with van der Waals surface area (Å²) in [5, 5.41) is 2.14. The second-order valence-corrected chi connectivity index (χ2v) is 4.23. The van der Waals surface area contributed by atoms with Crippen molar-refractivity contribution in [3.63, 3.8) is 0 Å². The lowest BCUT2D eigenvalue weighted by Crippen LogP contribution is -1.99. The minimum atomic E-state index is 0.953. The van der Waals surface area contributed by atoms with E-state index in [4.69, 9.17) is 0 Å². The molecule has 0 atom stereocenters. The highest BCUT2D eigenvalue weighted by atomic mass is 14.8. The number of aryl methyl sites for hydroxylation is 2. The van der Waals surface area contributed by atoms with Crippen molar-refractivity contribution in [3.05, 3.63) is 36.2 Å². The quantitative estimate of drug-likeness (QED) is 0.644. The highest BCUT2D eigenvalue weighted by molar-refractivity contribution is 6.06. The SMILES string of the molecule is CCc1c(CC)c2ncncc2c2ncncc12. The van der Waals surface area contributed by atoms with Gasteiger partial charge in [0.15, 0.2) is 0 Å². The maximum absolute atomic E-state index is 4.44. The Balaban J connectivity index is 2.61. The van der Waals surface area contributed by atoms with Crippen LogP contribution < -0.4 is 0 Å². The molecule has 0 N–H and O–H groups in total. The molecule has 0 bridgehead atoms. The molecule has 0 aliphatic rings. The lowest BCUT2D eigenvalue weighted by molar-refractivity contribution is 1.05. The molecule has 0 unspecified atom stereocenters. The molecular weight excluding hydrogens is 224 g/mol. The summed E-state index contributed by atoms with van der Waals surface area (Å²) in [4.78, 5) is 17.1. The molecule has 0 saturated carbocycles. The highest BCUT2D eigenvalue weighted by Gasteiger charge is 2.13. The van der Waals surface area contributed by atoms with Gasteiger partial charge < -0.3 is 0 Å². The Kier molecular flexibility index (Phi) is 2.63. The first kappa shape index (κ1) is 11.0. The molecule has 18 heavy (non-hydrogen) atoms. The van der Waals surface area contributed by atoms with Gasteiger partial charge in [-0.3, -0.25) is 0 Å². The normalized spacial score (nSPS) is 11.2. The van der Waals surface area contributed by atoms with E-state index in [0.29, 0.717) is 0 Å². The van der Waals surface area contributed by atoms with Crippen molar-refractivity contribution in [3.8, 4) is 0 Å². The summed E-state index contributed by atoms with van der Waals surface area (Å²) in [6.07, 6.45) is 8.85. The fraction of sp³-hybridized carbons (Fsp3) is 0.286. The van der Waals surface area contributed by atoms with E-state index in [-0.39, 0.29) is 0 Å². The van der Waals surface area contributed by atoms with Gasteiger partial charge in [0.2, 0.25) is 0 Å². The zero-order chi connectivity index (χ0) is 12.5. The van der Waals surface area contributed by atoms with Crippen LogP contribution in [0, 0.1) is 0 Å². The van der Waals surface area contributed by atoms with Crippen molar-refractivity contribution >= 4 is 21.8 Å². The Morgan fingerprint density at radius 2 is 1.39 bits per heavy atom. The summed E-state index contributed by atoms with van der Waals surface area (Å²) >= 11 is 0. The van der Waals surface area contributed by atoms with Gasteiger partial charge in [0.1, 0.15) is 12.7 Å². The first-order valence-corrected chi connectivity index (χ1v) is 6.20. The van der Waals surface area contributed by atoms with E-state index in [0.717, 1.165) is 34.6 Å². The largest absolute Gasteiger partial charge is 0.244 e. The molecule has 4 nitrogen and oxygen atoms in total. The third kappa shape index (κ3) is 1.45. The van der Waals surface area contributed by atoms with Gasteiger partial charge in [-0.25, -0.2) is 19.9 Å². The Bertz CT molecular complexity index is 659. The van der Waals surface area contributed by atoms with Crippen LogP contribution in [0.5, 0.6) is 0 Å². The maximum Gasteiger partial charge on any atom is 0.116 e. The van der Waals surface area contributed by atoms with Crippen LogP contribution in [-0.4, -0.2) is 19.9 Å². The number of hydrogen-bond donors (Lipinski definition) is 0. The van der Waals surface area contributed by atoms with Crippen molar-refractivity contribution in [1.82, 2.24) is 19.9 Å². The highest BCUT2D eigenvalue weighted by Crippen LogP contribution is 2.30. The minimum Gasteiger partial charge on any atom is -0.244 e. The van der Waals surface area contributed by atoms with Crippen LogP contribution in [-0.2, 0) is 12.8 Å². The Labute approximate surface area is 105 Å². The van der Waals surface area contributed by atoms with E-state index in [2.05, 4.69) is 33.8 Å². The van der Waals surface area contributed by atoms with E-state index >= 15 is 0 Å². The molecule has 90 valence electrons. The smallest absolute Gasteiger partial charge is 0.116 e. The second kappa shape index (κ2) is 4.29. The summed E-state index contributed by atoms with van der Waals surface area (Å²) in [5.41, 5.74) is 4.57. The van der Waals surface area contributed by atoms with Gasteiger partial charge in [0, 0.05) is 23.2 Å².